The van der Waals surface area contributed by atoms with E-state index in [0.717, 1.165) is 11.0 Å². The maximum atomic E-state index is 14.0. The topological polar surface area (TPSA) is 72.7 Å². The average Bonchev–Trinajstić information content (AvgIpc) is 2.92. The van der Waals surface area contributed by atoms with E-state index >= 15 is 0 Å². The SMILES string of the molecule is COc1ccc([C@@H]2Cc3c(cccc3C(F)(F)F)N(c3ccccc3[N+](=O)[O-])C(=O)[C@@H]2C)cc1. The highest BCUT2D eigenvalue weighted by Crippen LogP contribution is 2.47. The van der Waals surface area contributed by atoms with E-state index in [4.69, 9.17) is 4.74 Å². The van der Waals surface area contributed by atoms with Crippen molar-refractivity contribution in [1.82, 2.24) is 0 Å². The van der Waals surface area contributed by atoms with Crippen molar-refractivity contribution in [2.24, 2.45) is 5.92 Å². The first-order chi connectivity index (χ1) is 16.1. The predicted molar refractivity (Wildman–Crippen MR) is 120 cm³/mol. The van der Waals surface area contributed by atoms with Crippen LogP contribution in [0.1, 0.15) is 29.5 Å². The van der Waals surface area contributed by atoms with Crippen LogP contribution in [0.25, 0.3) is 0 Å². The second-order valence-electron chi connectivity index (χ2n) is 8.09. The number of para-hydroxylation sites is 2. The first kappa shape index (κ1) is 23.3. The average molecular weight is 470 g/mol. The molecule has 0 unspecified atom stereocenters. The lowest BCUT2D eigenvalue weighted by Crippen LogP contribution is -2.33. The molecule has 34 heavy (non-hydrogen) atoms. The van der Waals surface area contributed by atoms with E-state index in [1.165, 1.54) is 43.5 Å². The number of benzene rings is 3. The summed E-state index contributed by atoms with van der Waals surface area (Å²) in [5.41, 5.74) is -0.707. The molecule has 2 atom stereocenters. The lowest BCUT2D eigenvalue weighted by molar-refractivity contribution is -0.384. The second kappa shape index (κ2) is 8.81. The molecular weight excluding hydrogens is 449 g/mol. The smallest absolute Gasteiger partial charge is 0.416 e. The number of hydrogen-bond donors (Lipinski definition) is 0. The number of anilines is 2. The monoisotopic (exact) mass is 470 g/mol. The molecule has 0 fully saturated rings. The molecule has 6 nitrogen and oxygen atoms in total. The van der Waals surface area contributed by atoms with Gasteiger partial charge in [0.05, 0.1) is 23.3 Å². The minimum atomic E-state index is -4.67. The molecule has 1 heterocycles. The Morgan fingerprint density at radius 1 is 1.00 bits per heavy atom. The molecule has 0 aliphatic carbocycles. The third-order valence-electron chi connectivity index (χ3n) is 6.20. The molecule has 1 amide bonds. The van der Waals surface area contributed by atoms with Gasteiger partial charge in [-0.3, -0.25) is 19.8 Å². The maximum absolute atomic E-state index is 14.0. The van der Waals surface area contributed by atoms with Crippen LogP contribution in [0.2, 0.25) is 0 Å². The van der Waals surface area contributed by atoms with Crippen LogP contribution in [0.4, 0.5) is 30.2 Å². The van der Waals surface area contributed by atoms with Crippen LogP contribution in [0.3, 0.4) is 0 Å². The normalized spacial score (nSPS) is 18.3. The highest BCUT2D eigenvalue weighted by atomic mass is 19.4. The van der Waals surface area contributed by atoms with E-state index in [9.17, 15) is 28.1 Å². The number of nitrogens with zero attached hydrogens (tertiary/aromatic N) is 2. The Hall–Kier alpha value is -3.88. The summed E-state index contributed by atoms with van der Waals surface area (Å²) in [6.45, 7) is 1.64. The van der Waals surface area contributed by atoms with Crippen LogP contribution < -0.4 is 9.64 Å². The third-order valence-corrected chi connectivity index (χ3v) is 6.20. The Bertz CT molecular complexity index is 1240. The molecule has 0 spiro atoms. The summed E-state index contributed by atoms with van der Waals surface area (Å²) in [4.78, 5) is 25.9. The van der Waals surface area contributed by atoms with Crippen LogP contribution in [-0.2, 0) is 17.4 Å². The number of halogens is 3. The molecule has 3 aromatic rings. The Kier molecular flexibility index (Phi) is 6.03. The van der Waals surface area contributed by atoms with Crippen molar-refractivity contribution >= 4 is 23.0 Å². The quantitative estimate of drug-likeness (QED) is 0.333. The largest absolute Gasteiger partial charge is 0.497 e. The summed E-state index contributed by atoms with van der Waals surface area (Å²) >= 11 is 0. The predicted octanol–water partition coefficient (Wildman–Crippen LogP) is 6.26. The summed E-state index contributed by atoms with van der Waals surface area (Å²) in [6.07, 6.45) is -4.73. The number of ether oxygens (including phenoxy) is 1. The first-order valence-electron chi connectivity index (χ1n) is 10.5. The summed E-state index contributed by atoms with van der Waals surface area (Å²) < 4.78 is 47.3. The molecule has 0 radical (unpaired) electrons. The van der Waals surface area contributed by atoms with Gasteiger partial charge >= 0.3 is 6.18 Å². The molecule has 1 aliphatic heterocycles. The van der Waals surface area contributed by atoms with Gasteiger partial charge in [0.2, 0.25) is 5.91 Å². The van der Waals surface area contributed by atoms with E-state index in [0.29, 0.717) is 11.3 Å². The Balaban J connectivity index is 1.97. The van der Waals surface area contributed by atoms with Crippen molar-refractivity contribution in [2.45, 2.75) is 25.4 Å². The number of carbonyl (C=O) groups excluding carboxylic acids is 1. The minimum absolute atomic E-state index is 0.00279. The zero-order valence-electron chi connectivity index (χ0n) is 18.4. The molecule has 4 rings (SSSR count). The number of carbonyl (C=O) groups is 1. The summed E-state index contributed by atoms with van der Waals surface area (Å²) in [5.74, 6) is -1.29. The van der Waals surface area contributed by atoms with E-state index in [1.54, 1.807) is 31.2 Å². The number of methoxy groups -OCH3 is 1. The van der Waals surface area contributed by atoms with Gasteiger partial charge in [0.1, 0.15) is 11.4 Å². The Morgan fingerprint density at radius 3 is 2.26 bits per heavy atom. The van der Waals surface area contributed by atoms with Crippen molar-refractivity contribution in [3.8, 4) is 5.75 Å². The fraction of sp³-hybridized carbons (Fsp3) is 0.240. The van der Waals surface area contributed by atoms with E-state index in [-0.39, 0.29) is 29.0 Å². The highest BCUT2D eigenvalue weighted by Gasteiger charge is 2.42. The molecule has 0 N–H and O–H groups in total. The van der Waals surface area contributed by atoms with Crippen LogP contribution in [0.5, 0.6) is 5.75 Å². The number of alkyl halides is 3. The first-order valence-corrected chi connectivity index (χ1v) is 10.5. The fourth-order valence-corrected chi connectivity index (χ4v) is 4.47. The van der Waals surface area contributed by atoms with E-state index in [2.05, 4.69) is 0 Å². The molecule has 176 valence electrons. The van der Waals surface area contributed by atoms with Crippen molar-refractivity contribution in [2.75, 3.05) is 12.0 Å². The van der Waals surface area contributed by atoms with Crippen LogP contribution in [-0.4, -0.2) is 17.9 Å². The summed E-state index contributed by atoms with van der Waals surface area (Å²) in [6, 6.07) is 16.0. The van der Waals surface area contributed by atoms with Gasteiger partial charge in [-0.15, -0.1) is 0 Å². The minimum Gasteiger partial charge on any atom is -0.497 e. The molecule has 0 saturated carbocycles. The van der Waals surface area contributed by atoms with Gasteiger partial charge in [-0.25, -0.2) is 0 Å². The van der Waals surface area contributed by atoms with Crippen LogP contribution >= 0.6 is 0 Å². The van der Waals surface area contributed by atoms with Gasteiger partial charge in [0, 0.05) is 12.0 Å². The number of rotatable bonds is 4. The van der Waals surface area contributed by atoms with Gasteiger partial charge in [-0.05, 0) is 53.8 Å². The molecule has 9 heteroatoms. The maximum Gasteiger partial charge on any atom is 0.416 e. The highest BCUT2D eigenvalue weighted by molar-refractivity contribution is 6.05. The number of nitro groups is 1. The molecule has 0 bridgehead atoms. The van der Waals surface area contributed by atoms with Gasteiger partial charge in [-0.2, -0.15) is 13.2 Å². The summed E-state index contributed by atoms with van der Waals surface area (Å²) in [5, 5.41) is 11.7. The van der Waals surface area contributed by atoms with Crippen LogP contribution in [0, 0.1) is 16.0 Å². The van der Waals surface area contributed by atoms with Gasteiger partial charge in [-0.1, -0.05) is 37.3 Å². The van der Waals surface area contributed by atoms with Gasteiger partial charge in [0.15, 0.2) is 0 Å². The lowest BCUT2D eigenvalue weighted by Gasteiger charge is -2.26. The van der Waals surface area contributed by atoms with Crippen molar-refractivity contribution in [3.05, 3.63) is 93.5 Å². The lowest BCUT2D eigenvalue weighted by atomic mass is 9.82. The van der Waals surface area contributed by atoms with Crippen molar-refractivity contribution in [1.29, 1.82) is 0 Å². The molecule has 3 aromatic carbocycles. The van der Waals surface area contributed by atoms with Crippen molar-refractivity contribution < 1.29 is 27.6 Å². The van der Waals surface area contributed by atoms with Crippen molar-refractivity contribution in [3.63, 3.8) is 0 Å². The van der Waals surface area contributed by atoms with Crippen LogP contribution in [0.15, 0.2) is 66.7 Å². The summed E-state index contributed by atoms with van der Waals surface area (Å²) in [7, 11) is 1.50. The fourth-order valence-electron chi connectivity index (χ4n) is 4.47. The Labute approximate surface area is 193 Å². The third kappa shape index (κ3) is 4.09. The second-order valence-corrected chi connectivity index (χ2v) is 8.09. The van der Waals surface area contributed by atoms with Gasteiger partial charge < -0.3 is 4.74 Å². The molecule has 0 saturated heterocycles. The standard InChI is InChI=1S/C25H21F3N2O4/c1-15-18(16-10-12-17(34-2)13-11-16)14-19-20(25(26,27)28)6-5-9-21(19)29(24(15)31)22-7-3-4-8-23(22)30(32)33/h3-13,15,18H,14H2,1-2H3/t15-,18-/m1/s1. The Morgan fingerprint density at radius 2 is 1.65 bits per heavy atom. The molecule has 0 aromatic heterocycles. The number of hydrogen-bond acceptors (Lipinski definition) is 4. The van der Waals surface area contributed by atoms with E-state index < -0.39 is 34.4 Å². The van der Waals surface area contributed by atoms with E-state index in [1.807, 2.05) is 0 Å². The molecule has 1 aliphatic rings. The zero-order valence-corrected chi connectivity index (χ0v) is 18.4. The zero-order chi connectivity index (χ0) is 24.6. The number of nitro benzene ring substituents is 1. The number of fused-ring (bicyclic) bond motifs is 1. The number of amides is 1. The van der Waals surface area contributed by atoms with Gasteiger partial charge in [0.25, 0.3) is 5.69 Å². The molecular formula is C25H21F3N2O4.